The molecule has 1 saturated heterocycles. The molecular weight excluding hydrogens is 352 g/mol. The lowest BCUT2D eigenvalue weighted by Gasteiger charge is -2.23. The van der Waals surface area contributed by atoms with Crippen molar-refractivity contribution in [3.63, 3.8) is 0 Å². The molecule has 0 bridgehead atoms. The van der Waals surface area contributed by atoms with Crippen LogP contribution >= 0.6 is 0 Å². The second-order valence-corrected chi connectivity index (χ2v) is 6.06. The highest BCUT2D eigenvalue weighted by molar-refractivity contribution is 5.20. The number of aromatic nitrogens is 1. The molecule has 3 rings (SSSR count). The van der Waals surface area contributed by atoms with Gasteiger partial charge in [-0.2, -0.15) is 13.2 Å². The van der Waals surface area contributed by atoms with E-state index < -0.39 is 11.7 Å². The Balaban J connectivity index is 1.61. The Morgan fingerprint density at radius 1 is 1.15 bits per heavy atom. The Morgan fingerprint density at radius 3 is 2.58 bits per heavy atom. The average molecular weight is 370 g/mol. The predicted octanol–water partition coefficient (Wildman–Crippen LogP) is 3.52. The molecule has 0 spiro atoms. The van der Waals surface area contributed by atoms with Crippen LogP contribution in [0, 0.1) is 5.82 Å². The molecule has 26 heavy (non-hydrogen) atoms. The Bertz CT molecular complexity index is 705. The smallest absolute Gasteiger partial charge is 0.417 e. The van der Waals surface area contributed by atoms with Gasteiger partial charge in [-0.15, -0.1) is 0 Å². The third-order valence-electron chi connectivity index (χ3n) is 3.99. The molecule has 2 aromatic rings. The Kier molecular flexibility index (Phi) is 5.73. The highest BCUT2D eigenvalue weighted by Crippen LogP contribution is 2.29. The summed E-state index contributed by atoms with van der Waals surface area (Å²) >= 11 is 0. The van der Waals surface area contributed by atoms with Crippen LogP contribution in [0.1, 0.15) is 11.1 Å². The van der Waals surface area contributed by atoms with Gasteiger partial charge in [0.2, 0.25) is 5.88 Å². The zero-order chi connectivity index (χ0) is 18.6. The summed E-state index contributed by atoms with van der Waals surface area (Å²) < 4.78 is 62.0. The minimum Gasteiger partial charge on any atom is -0.471 e. The summed E-state index contributed by atoms with van der Waals surface area (Å²) in [5, 5.41) is 0. The topological polar surface area (TPSA) is 34.6 Å². The van der Waals surface area contributed by atoms with Gasteiger partial charge in [0, 0.05) is 31.9 Å². The molecule has 0 saturated carbocycles. The van der Waals surface area contributed by atoms with E-state index in [1.54, 1.807) is 12.1 Å². The summed E-state index contributed by atoms with van der Waals surface area (Å²) in [5.41, 5.74) is 0.139. The predicted molar refractivity (Wildman–Crippen MR) is 86.2 cm³/mol. The maximum Gasteiger partial charge on any atom is 0.417 e. The molecule has 0 N–H and O–H groups in total. The first-order chi connectivity index (χ1) is 12.4. The van der Waals surface area contributed by atoms with Crippen LogP contribution in [-0.2, 0) is 17.5 Å². The number of alkyl halides is 3. The van der Waals surface area contributed by atoms with Crippen LogP contribution in [0.5, 0.6) is 5.88 Å². The zero-order valence-electron chi connectivity index (χ0n) is 13.9. The maximum atomic E-state index is 13.0. The van der Waals surface area contributed by atoms with Gasteiger partial charge in [0.05, 0.1) is 18.8 Å². The highest BCUT2D eigenvalue weighted by Gasteiger charge is 2.31. The molecule has 0 radical (unpaired) electrons. The van der Waals surface area contributed by atoms with Crippen molar-refractivity contribution in [2.75, 3.05) is 26.3 Å². The summed E-state index contributed by atoms with van der Waals surface area (Å²) in [6.07, 6.45) is -4.03. The lowest BCUT2D eigenvalue weighted by Crippen LogP contribution is -2.35. The van der Waals surface area contributed by atoms with E-state index in [1.165, 1.54) is 18.2 Å². The number of halogens is 4. The van der Waals surface area contributed by atoms with Crippen molar-refractivity contribution in [2.45, 2.75) is 18.8 Å². The third-order valence-corrected chi connectivity index (χ3v) is 3.99. The minimum atomic E-state index is -4.43. The number of benzene rings is 1. The number of rotatable bonds is 4. The van der Waals surface area contributed by atoms with Gasteiger partial charge in [0.1, 0.15) is 11.9 Å². The molecule has 0 amide bonds. The maximum absolute atomic E-state index is 13.0. The SMILES string of the molecule is Fc1ccc(CN2CCOC[C@H](Oc3ccc(C(F)(F)F)cn3)C2)cc1. The van der Waals surface area contributed by atoms with E-state index in [-0.39, 0.29) is 17.8 Å². The van der Waals surface area contributed by atoms with Crippen LogP contribution in [0.3, 0.4) is 0 Å². The monoisotopic (exact) mass is 370 g/mol. The van der Waals surface area contributed by atoms with E-state index in [4.69, 9.17) is 9.47 Å². The normalized spacial score (nSPS) is 19.2. The van der Waals surface area contributed by atoms with Gasteiger partial charge in [0.25, 0.3) is 0 Å². The van der Waals surface area contributed by atoms with Gasteiger partial charge >= 0.3 is 6.18 Å². The van der Waals surface area contributed by atoms with E-state index in [0.29, 0.717) is 32.8 Å². The van der Waals surface area contributed by atoms with Crippen LogP contribution < -0.4 is 4.74 Å². The van der Waals surface area contributed by atoms with E-state index in [2.05, 4.69) is 9.88 Å². The number of hydrogen-bond acceptors (Lipinski definition) is 4. The van der Waals surface area contributed by atoms with Crippen molar-refractivity contribution < 1.29 is 27.0 Å². The largest absolute Gasteiger partial charge is 0.471 e. The summed E-state index contributed by atoms with van der Waals surface area (Å²) in [6.45, 7) is 2.64. The van der Waals surface area contributed by atoms with Crippen molar-refractivity contribution in [2.24, 2.45) is 0 Å². The molecule has 1 aromatic carbocycles. The molecule has 8 heteroatoms. The molecule has 0 unspecified atom stereocenters. The number of hydrogen-bond donors (Lipinski definition) is 0. The second-order valence-electron chi connectivity index (χ2n) is 6.06. The van der Waals surface area contributed by atoms with E-state index >= 15 is 0 Å². The molecule has 1 fully saturated rings. The van der Waals surface area contributed by atoms with Crippen LogP contribution in [0.25, 0.3) is 0 Å². The Hall–Kier alpha value is -2.19. The standard InChI is InChI=1S/C18H18F4N2O2/c19-15-4-1-13(2-5-15)10-24-7-8-25-12-16(11-24)26-17-6-3-14(9-23-17)18(20,21)22/h1-6,9,16H,7-8,10-12H2/t16-/m1/s1. The van der Waals surface area contributed by atoms with Crippen LogP contribution in [0.15, 0.2) is 42.6 Å². The molecule has 4 nitrogen and oxygen atoms in total. The second kappa shape index (κ2) is 8.01. The number of pyridine rings is 1. The highest BCUT2D eigenvalue weighted by atomic mass is 19.4. The number of ether oxygens (including phenoxy) is 2. The van der Waals surface area contributed by atoms with Crippen molar-refractivity contribution in [3.8, 4) is 5.88 Å². The van der Waals surface area contributed by atoms with Crippen molar-refractivity contribution >= 4 is 0 Å². The van der Waals surface area contributed by atoms with E-state index in [1.807, 2.05) is 0 Å². The first-order valence-corrected chi connectivity index (χ1v) is 8.14. The van der Waals surface area contributed by atoms with Gasteiger partial charge < -0.3 is 9.47 Å². The zero-order valence-corrected chi connectivity index (χ0v) is 13.9. The van der Waals surface area contributed by atoms with E-state index in [9.17, 15) is 17.6 Å². The lowest BCUT2D eigenvalue weighted by molar-refractivity contribution is -0.137. The fourth-order valence-electron chi connectivity index (χ4n) is 2.69. The fourth-order valence-corrected chi connectivity index (χ4v) is 2.69. The Morgan fingerprint density at radius 2 is 1.92 bits per heavy atom. The first kappa shape index (κ1) is 18.6. The molecular formula is C18H18F4N2O2. The fraction of sp³-hybridized carbons (Fsp3) is 0.389. The van der Waals surface area contributed by atoms with Gasteiger partial charge in [-0.05, 0) is 23.8 Å². The molecule has 1 aromatic heterocycles. The lowest BCUT2D eigenvalue weighted by atomic mass is 10.2. The van der Waals surface area contributed by atoms with Gasteiger partial charge in [-0.25, -0.2) is 9.37 Å². The number of nitrogens with zero attached hydrogens (tertiary/aromatic N) is 2. The van der Waals surface area contributed by atoms with Gasteiger partial charge in [-0.3, -0.25) is 4.90 Å². The van der Waals surface area contributed by atoms with Crippen LogP contribution in [0.4, 0.5) is 17.6 Å². The van der Waals surface area contributed by atoms with Gasteiger partial charge in [-0.1, -0.05) is 12.1 Å². The molecule has 2 heterocycles. The minimum absolute atomic E-state index is 0.121. The molecule has 140 valence electrons. The third kappa shape index (κ3) is 5.15. The molecule has 1 aliphatic heterocycles. The van der Waals surface area contributed by atoms with Crippen molar-refractivity contribution in [3.05, 3.63) is 59.5 Å². The molecule has 1 atom stereocenters. The average Bonchev–Trinajstić information content (AvgIpc) is 2.82. The summed E-state index contributed by atoms with van der Waals surface area (Å²) in [5.74, 6) is -0.169. The van der Waals surface area contributed by atoms with Crippen molar-refractivity contribution in [1.82, 2.24) is 9.88 Å². The van der Waals surface area contributed by atoms with Gasteiger partial charge in [0.15, 0.2) is 0 Å². The van der Waals surface area contributed by atoms with Crippen LogP contribution in [-0.4, -0.2) is 42.3 Å². The molecule has 0 aliphatic carbocycles. The quantitative estimate of drug-likeness (QED) is 0.772. The molecule has 1 aliphatic rings. The van der Waals surface area contributed by atoms with Crippen molar-refractivity contribution in [1.29, 1.82) is 0 Å². The van der Waals surface area contributed by atoms with Crippen LogP contribution in [0.2, 0.25) is 0 Å². The van der Waals surface area contributed by atoms with E-state index in [0.717, 1.165) is 17.8 Å². The summed E-state index contributed by atoms with van der Waals surface area (Å²) in [7, 11) is 0. The summed E-state index contributed by atoms with van der Waals surface area (Å²) in [6, 6.07) is 8.39. The Labute approximate surface area is 148 Å². The first-order valence-electron chi connectivity index (χ1n) is 8.14. The summed E-state index contributed by atoms with van der Waals surface area (Å²) in [4.78, 5) is 5.82.